The van der Waals surface area contributed by atoms with Crippen molar-refractivity contribution in [3.8, 4) is 0 Å². The zero-order chi connectivity index (χ0) is 16.5. The van der Waals surface area contributed by atoms with Crippen molar-refractivity contribution in [2.75, 3.05) is 31.9 Å². The highest BCUT2D eigenvalue weighted by Crippen LogP contribution is 2.64. The van der Waals surface area contributed by atoms with Crippen LogP contribution in [0.15, 0.2) is 0 Å². The van der Waals surface area contributed by atoms with E-state index in [-0.39, 0.29) is 17.0 Å². The summed E-state index contributed by atoms with van der Waals surface area (Å²) in [6.45, 7) is 7.38. The molecule has 3 atom stereocenters. The molecule has 130 valence electrons. The highest BCUT2D eigenvalue weighted by Gasteiger charge is 2.65. The minimum absolute atomic E-state index is 0.0368. The van der Waals surface area contributed by atoms with E-state index in [2.05, 4.69) is 18.7 Å². The van der Waals surface area contributed by atoms with Gasteiger partial charge in [0.2, 0.25) is 10.0 Å². The van der Waals surface area contributed by atoms with Gasteiger partial charge in [-0.2, -0.15) is 4.31 Å². The van der Waals surface area contributed by atoms with Crippen molar-refractivity contribution in [2.45, 2.75) is 52.0 Å². The Morgan fingerprint density at radius 3 is 2.61 bits per heavy atom. The molecule has 3 unspecified atom stereocenters. The summed E-state index contributed by atoms with van der Waals surface area (Å²) < 4.78 is 27.9. The number of piperazine rings is 1. The zero-order valence-corrected chi connectivity index (χ0v) is 15.1. The predicted octanol–water partition coefficient (Wildman–Crippen LogP) is 1.49. The molecule has 2 saturated heterocycles. The predicted molar refractivity (Wildman–Crippen MR) is 88.5 cm³/mol. The van der Waals surface area contributed by atoms with Gasteiger partial charge in [0.1, 0.15) is 5.78 Å². The molecule has 2 heterocycles. The molecule has 2 bridgehead atoms. The van der Waals surface area contributed by atoms with Crippen LogP contribution >= 0.6 is 0 Å². The normalized spacial score (nSPS) is 40.7. The first kappa shape index (κ1) is 16.0. The van der Waals surface area contributed by atoms with E-state index in [1.807, 2.05) is 0 Å². The number of fused-ring (bicyclic) bond motifs is 3. The third-order valence-corrected chi connectivity index (χ3v) is 9.49. The Labute approximate surface area is 139 Å². The van der Waals surface area contributed by atoms with Gasteiger partial charge in [-0.1, -0.05) is 13.8 Å². The third-order valence-electron chi connectivity index (χ3n) is 7.51. The molecule has 2 aliphatic heterocycles. The summed E-state index contributed by atoms with van der Waals surface area (Å²) in [5.41, 5.74) is -0.810. The molecule has 5 nitrogen and oxygen atoms in total. The summed E-state index contributed by atoms with van der Waals surface area (Å²) in [5.74, 6) is 0.605. The Bertz CT molecular complexity index is 630. The van der Waals surface area contributed by atoms with Gasteiger partial charge in [-0.25, -0.2) is 8.42 Å². The number of ketones is 1. The molecule has 4 aliphatic rings. The summed E-state index contributed by atoms with van der Waals surface area (Å²) in [5, 5.41) is 0. The van der Waals surface area contributed by atoms with Crippen molar-refractivity contribution in [1.82, 2.24) is 9.21 Å². The number of Topliss-reactive ketones (excluding diaryl/α,β-unsaturated/α-hetero) is 1. The number of hydrogen-bond acceptors (Lipinski definition) is 4. The average Bonchev–Trinajstić information content (AvgIpc) is 3.08. The topological polar surface area (TPSA) is 57.7 Å². The second kappa shape index (κ2) is 5.02. The van der Waals surface area contributed by atoms with Crippen LogP contribution in [0.2, 0.25) is 0 Å². The van der Waals surface area contributed by atoms with Crippen LogP contribution in [-0.2, 0) is 14.8 Å². The van der Waals surface area contributed by atoms with Gasteiger partial charge in [0, 0.05) is 37.5 Å². The Morgan fingerprint density at radius 2 is 1.96 bits per heavy atom. The van der Waals surface area contributed by atoms with Crippen LogP contribution in [0, 0.1) is 16.7 Å². The molecule has 6 heteroatoms. The fourth-order valence-corrected chi connectivity index (χ4v) is 7.97. The van der Waals surface area contributed by atoms with E-state index < -0.39 is 15.4 Å². The number of sulfonamides is 1. The van der Waals surface area contributed by atoms with Gasteiger partial charge >= 0.3 is 0 Å². The lowest BCUT2D eigenvalue weighted by molar-refractivity contribution is -0.128. The highest BCUT2D eigenvalue weighted by molar-refractivity contribution is 7.89. The first-order valence-electron chi connectivity index (χ1n) is 9.01. The molecule has 2 aliphatic carbocycles. The van der Waals surface area contributed by atoms with Gasteiger partial charge < -0.3 is 0 Å². The molecule has 0 N–H and O–H groups in total. The highest BCUT2D eigenvalue weighted by atomic mass is 32.2. The lowest BCUT2D eigenvalue weighted by Crippen LogP contribution is -2.54. The Kier molecular flexibility index (Phi) is 3.50. The van der Waals surface area contributed by atoms with E-state index in [9.17, 15) is 13.2 Å². The minimum Gasteiger partial charge on any atom is -0.299 e. The fourth-order valence-electron chi connectivity index (χ4n) is 5.73. The van der Waals surface area contributed by atoms with Crippen LogP contribution < -0.4 is 0 Å². The lowest BCUT2D eigenvalue weighted by atomic mass is 9.70. The summed E-state index contributed by atoms with van der Waals surface area (Å²) >= 11 is 0. The molecule has 0 spiro atoms. The smallest absolute Gasteiger partial charge is 0.215 e. The van der Waals surface area contributed by atoms with Crippen molar-refractivity contribution in [3.63, 3.8) is 0 Å². The molecule has 4 fully saturated rings. The summed E-state index contributed by atoms with van der Waals surface area (Å²) in [7, 11) is -3.37. The number of carbonyl (C=O) groups excluding carboxylic acids is 1. The van der Waals surface area contributed by atoms with Crippen LogP contribution in [0.3, 0.4) is 0 Å². The van der Waals surface area contributed by atoms with Crippen LogP contribution in [-0.4, -0.2) is 61.4 Å². The number of rotatable bonds is 3. The van der Waals surface area contributed by atoms with Crippen LogP contribution in [0.4, 0.5) is 0 Å². The van der Waals surface area contributed by atoms with Gasteiger partial charge in [0.15, 0.2) is 0 Å². The first-order chi connectivity index (χ1) is 10.8. The van der Waals surface area contributed by atoms with Crippen molar-refractivity contribution >= 4 is 15.8 Å². The molecular formula is C17H28N2O3S. The third kappa shape index (κ3) is 2.17. The Hall–Kier alpha value is -0.460. The van der Waals surface area contributed by atoms with E-state index in [1.165, 1.54) is 6.42 Å². The maximum Gasteiger partial charge on any atom is 0.215 e. The van der Waals surface area contributed by atoms with E-state index in [0.717, 1.165) is 32.4 Å². The van der Waals surface area contributed by atoms with E-state index in [4.69, 9.17) is 0 Å². The Morgan fingerprint density at radius 1 is 1.17 bits per heavy atom. The molecule has 23 heavy (non-hydrogen) atoms. The second-order valence-electron chi connectivity index (χ2n) is 8.61. The Balaban J connectivity index is 1.57. The van der Waals surface area contributed by atoms with Gasteiger partial charge in [-0.15, -0.1) is 0 Å². The summed E-state index contributed by atoms with van der Waals surface area (Å²) in [6.07, 6.45) is 4.62. The molecular weight excluding hydrogens is 312 g/mol. The average molecular weight is 340 g/mol. The van der Waals surface area contributed by atoms with Gasteiger partial charge in [0.05, 0.1) is 5.75 Å². The van der Waals surface area contributed by atoms with Crippen LogP contribution in [0.1, 0.15) is 46.0 Å². The van der Waals surface area contributed by atoms with Crippen molar-refractivity contribution in [3.05, 3.63) is 0 Å². The quantitative estimate of drug-likeness (QED) is 0.781. The molecule has 0 aromatic rings. The largest absolute Gasteiger partial charge is 0.299 e. The molecule has 2 saturated carbocycles. The molecule has 0 radical (unpaired) electrons. The number of hydrogen-bond donors (Lipinski definition) is 0. The zero-order valence-electron chi connectivity index (χ0n) is 14.3. The van der Waals surface area contributed by atoms with Gasteiger partial charge in [0.25, 0.3) is 0 Å². The van der Waals surface area contributed by atoms with Crippen LogP contribution in [0.5, 0.6) is 0 Å². The van der Waals surface area contributed by atoms with Crippen LogP contribution in [0.25, 0.3) is 0 Å². The molecule has 0 aromatic heterocycles. The van der Waals surface area contributed by atoms with Gasteiger partial charge in [-0.3, -0.25) is 9.69 Å². The molecule has 0 amide bonds. The monoisotopic (exact) mass is 340 g/mol. The summed E-state index contributed by atoms with van der Waals surface area (Å²) in [4.78, 5) is 15.0. The number of carbonyl (C=O) groups is 1. The van der Waals surface area contributed by atoms with Gasteiger partial charge in [-0.05, 0) is 43.6 Å². The SMILES string of the molecule is CC1(C)C2CCC1(CS(=O)(=O)N1CCN3CCCC3C1)C(=O)C2. The minimum atomic E-state index is -3.37. The maximum absolute atomic E-state index is 13.1. The molecule has 4 rings (SSSR count). The van der Waals surface area contributed by atoms with Crippen molar-refractivity contribution in [2.24, 2.45) is 16.7 Å². The van der Waals surface area contributed by atoms with Crippen molar-refractivity contribution in [1.29, 1.82) is 0 Å². The van der Waals surface area contributed by atoms with E-state index in [1.54, 1.807) is 4.31 Å². The standard InChI is InChI=1S/C17H28N2O3S/c1-16(2)13-5-6-17(16,15(20)10-13)12-23(21,22)19-9-8-18-7-3-4-14(18)11-19/h13-14H,3-12H2,1-2H3. The maximum atomic E-state index is 13.1. The number of nitrogens with zero attached hydrogens (tertiary/aromatic N) is 2. The lowest BCUT2D eigenvalue weighted by Gasteiger charge is -2.41. The second-order valence-corrected chi connectivity index (χ2v) is 10.6. The fraction of sp³-hybridized carbons (Fsp3) is 0.941. The van der Waals surface area contributed by atoms with Crippen molar-refractivity contribution < 1.29 is 13.2 Å². The van der Waals surface area contributed by atoms with E-state index >= 15 is 0 Å². The molecule has 0 aromatic carbocycles. The summed E-state index contributed by atoms with van der Waals surface area (Å²) in [6, 6.07) is 0.389. The van der Waals surface area contributed by atoms with E-state index in [0.29, 0.717) is 31.5 Å². The first-order valence-corrected chi connectivity index (χ1v) is 10.6.